The molecule has 10 nitrogen and oxygen atoms in total. The van der Waals surface area contributed by atoms with Gasteiger partial charge in [-0.25, -0.2) is 21.6 Å². The van der Waals surface area contributed by atoms with Crippen molar-refractivity contribution in [2.75, 3.05) is 49.6 Å². The van der Waals surface area contributed by atoms with E-state index in [0.29, 0.717) is 38.3 Å². The van der Waals surface area contributed by atoms with E-state index in [4.69, 9.17) is 0 Å². The van der Waals surface area contributed by atoms with Crippen LogP contribution in [0.3, 0.4) is 0 Å². The number of nitrogens with zero attached hydrogens (tertiary/aromatic N) is 3. The third kappa shape index (κ3) is 4.23. The summed E-state index contributed by atoms with van der Waals surface area (Å²) in [4.78, 5) is 14.7. The van der Waals surface area contributed by atoms with Gasteiger partial charge >= 0.3 is 0 Å². The summed E-state index contributed by atoms with van der Waals surface area (Å²) in [7, 11) is -5.48. The maximum Gasteiger partial charge on any atom is 0.293 e. The van der Waals surface area contributed by atoms with E-state index in [-0.39, 0.29) is 28.1 Å². The molecular weight excluding hydrogens is 396 g/mol. The van der Waals surface area contributed by atoms with Gasteiger partial charge < -0.3 is 4.90 Å². The average molecular weight is 418 g/mol. The molecule has 2 aliphatic heterocycles. The van der Waals surface area contributed by atoms with Crippen LogP contribution in [0.2, 0.25) is 0 Å². The summed E-state index contributed by atoms with van der Waals surface area (Å²) in [5.74, 6) is 0.383. The lowest BCUT2D eigenvalue weighted by Gasteiger charge is -2.38. The Morgan fingerprint density at radius 1 is 1.22 bits per heavy atom. The summed E-state index contributed by atoms with van der Waals surface area (Å²) in [5.41, 5.74) is 0.108. The van der Waals surface area contributed by atoms with Gasteiger partial charge in [0.1, 0.15) is 5.69 Å². The van der Waals surface area contributed by atoms with Crippen LogP contribution in [-0.4, -0.2) is 77.4 Å². The van der Waals surface area contributed by atoms with Crippen molar-refractivity contribution in [1.82, 2.24) is 9.62 Å². The van der Waals surface area contributed by atoms with Crippen molar-refractivity contribution >= 4 is 31.2 Å². The van der Waals surface area contributed by atoms with Gasteiger partial charge in [-0.05, 0) is 25.6 Å². The maximum absolute atomic E-state index is 11.9. The number of anilines is 1. The minimum atomic E-state index is -3.77. The molecule has 1 atom stereocenters. The van der Waals surface area contributed by atoms with E-state index >= 15 is 0 Å². The number of hydrogen-bond acceptors (Lipinski definition) is 8. The highest BCUT2D eigenvalue weighted by Crippen LogP contribution is 2.32. The lowest BCUT2D eigenvalue weighted by atomic mass is 10.1. The Bertz CT molecular complexity index is 939. The Morgan fingerprint density at radius 2 is 1.89 bits per heavy atom. The molecule has 0 bridgehead atoms. The number of nitro benzene ring substituents is 1. The van der Waals surface area contributed by atoms with Gasteiger partial charge in [0.2, 0.25) is 10.0 Å². The van der Waals surface area contributed by atoms with Gasteiger partial charge in [0, 0.05) is 38.3 Å². The molecule has 150 valence electrons. The zero-order chi connectivity index (χ0) is 19.8. The topological polar surface area (TPSA) is 130 Å². The van der Waals surface area contributed by atoms with Crippen molar-refractivity contribution in [2.45, 2.75) is 17.4 Å². The molecule has 0 spiro atoms. The van der Waals surface area contributed by atoms with Crippen LogP contribution >= 0.6 is 0 Å². The van der Waals surface area contributed by atoms with Crippen LogP contribution in [0.15, 0.2) is 23.1 Å². The summed E-state index contributed by atoms with van der Waals surface area (Å²) < 4.78 is 49.3. The molecule has 0 radical (unpaired) electrons. The Balaban J connectivity index is 1.77. The van der Waals surface area contributed by atoms with E-state index in [1.807, 2.05) is 4.90 Å². The number of sulfonamides is 1. The zero-order valence-electron chi connectivity index (χ0n) is 14.9. The fraction of sp³-hybridized carbons (Fsp3) is 0.600. The van der Waals surface area contributed by atoms with Gasteiger partial charge in [0.05, 0.1) is 21.3 Å². The lowest BCUT2D eigenvalue weighted by molar-refractivity contribution is -0.384. The maximum atomic E-state index is 11.9. The van der Waals surface area contributed by atoms with Crippen molar-refractivity contribution < 1.29 is 21.8 Å². The summed E-state index contributed by atoms with van der Waals surface area (Å²) >= 11 is 0. The first-order valence-electron chi connectivity index (χ1n) is 8.54. The highest BCUT2D eigenvalue weighted by Gasteiger charge is 2.34. The van der Waals surface area contributed by atoms with Gasteiger partial charge in [-0.1, -0.05) is 0 Å². The average Bonchev–Trinajstić information content (AvgIpc) is 3.01. The molecule has 12 heteroatoms. The van der Waals surface area contributed by atoms with Crippen molar-refractivity contribution in [3.63, 3.8) is 0 Å². The van der Waals surface area contributed by atoms with Gasteiger partial charge in [-0.2, -0.15) is 0 Å². The highest BCUT2D eigenvalue weighted by molar-refractivity contribution is 7.91. The van der Waals surface area contributed by atoms with Crippen LogP contribution in [-0.2, 0) is 19.9 Å². The molecule has 0 aliphatic carbocycles. The smallest absolute Gasteiger partial charge is 0.293 e. The molecule has 1 aromatic rings. The first-order valence-corrected chi connectivity index (χ1v) is 11.8. The first-order chi connectivity index (χ1) is 12.6. The molecule has 2 saturated heterocycles. The van der Waals surface area contributed by atoms with Crippen molar-refractivity contribution in [2.24, 2.45) is 0 Å². The number of piperazine rings is 1. The first kappa shape index (κ1) is 20.0. The second kappa shape index (κ2) is 7.34. The minimum absolute atomic E-state index is 0.00952. The van der Waals surface area contributed by atoms with Crippen molar-refractivity contribution in [1.29, 1.82) is 0 Å². The molecule has 2 aliphatic rings. The second-order valence-corrected chi connectivity index (χ2v) is 10.8. The Labute approximate surface area is 158 Å². The van der Waals surface area contributed by atoms with Crippen LogP contribution in [0.5, 0.6) is 0 Å². The molecule has 1 aromatic carbocycles. The fourth-order valence-corrected chi connectivity index (χ4v) is 6.10. The number of sulfone groups is 1. The monoisotopic (exact) mass is 418 g/mol. The van der Waals surface area contributed by atoms with Gasteiger partial charge in [0.25, 0.3) is 5.69 Å². The number of benzene rings is 1. The second-order valence-electron chi connectivity index (χ2n) is 6.70. The molecule has 1 unspecified atom stereocenters. The van der Waals surface area contributed by atoms with Crippen LogP contribution in [0.4, 0.5) is 11.4 Å². The van der Waals surface area contributed by atoms with Crippen LogP contribution < -0.4 is 9.62 Å². The van der Waals surface area contributed by atoms with Crippen LogP contribution in [0.1, 0.15) is 6.42 Å². The normalized spacial score (nSPS) is 23.4. The molecule has 0 aromatic heterocycles. The molecule has 2 heterocycles. The predicted octanol–water partition coefficient (Wildman–Crippen LogP) is -0.188. The van der Waals surface area contributed by atoms with E-state index in [1.54, 1.807) is 0 Å². The summed E-state index contributed by atoms with van der Waals surface area (Å²) in [5, 5.41) is 11.5. The van der Waals surface area contributed by atoms with Gasteiger partial charge in [0.15, 0.2) is 9.84 Å². The van der Waals surface area contributed by atoms with E-state index in [2.05, 4.69) is 9.62 Å². The van der Waals surface area contributed by atoms with Gasteiger partial charge in [-0.3, -0.25) is 15.0 Å². The molecule has 3 rings (SSSR count). The Morgan fingerprint density at radius 3 is 2.41 bits per heavy atom. The van der Waals surface area contributed by atoms with Crippen LogP contribution in [0, 0.1) is 10.1 Å². The quantitative estimate of drug-likeness (QED) is 0.514. The third-order valence-electron chi connectivity index (χ3n) is 5.10. The standard InChI is InChI=1S/C15H22N4O6S2/c1-16-27(24,25)13-2-3-14(15(10-13)19(20)21)18-7-5-17(6-8-18)12-4-9-26(22,23)11-12/h2-3,10,12,16H,4-9,11H2,1H3. The molecule has 0 saturated carbocycles. The number of nitro groups is 1. The van der Waals surface area contributed by atoms with Crippen LogP contribution in [0.25, 0.3) is 0 Å². The van der Waals surface area contributed by atoms with E-state index in [0.717, 1.165) is 6.07 Å². The van der Waals surface area contributed by atoms with Crippen molar-refractivity contribution in [3.8, 4) is 0 Å². The molecule has 1 N–H and O–H groups in total. The number of nitrogens with one attached hydrogen (secondary N) is 1. The summed E-state index contributed by atoms with van der Waals surface area (Å²) in [6.45, 7) is 2.23. The van der Waals surface area contributed by atoms with E-state index < -0.39 is 24.8 Å². The number of hydrogen-bond donors (Lipinski definition) is 1. The molecule has 27 heavy (non-hydrogen) atoms. The lowest BCUT2D eigenvalue weighted by Crippen LogP contribution is -2.50. The van der Waals surface area contributed by atoms with E-state index in [9.17, 15) is 26.9 Å². The minimum Gasteiger partial charge on any atom is -0.363 e. The SMILES string of the molecule is CNS(=O)(=O)c1ccc(N2CCN(C3CCS(=O)(=O)C3)CC2)c([N+](=O)[O-])c1. The third-order valence-corrected chi connectivity index (χ3v) is 8.26. The molecule has 0 amide bonds. The predicted molar refractivity (Wildman–Crippen MR) is 100 cm³/mol. The highest BCUT2D eigenvalue weighted by atomic mass is 32.2. The summed E-state index contributed by atoms with van der Waals surface area (Å²) in [6, 6.07) is 3.88. The summed E-state index contributed by atoms with van der Waals surface area (Å²) in [6.07, 6.45) is 0.624. The van der Waals surface area contributed by atoms with Gasteiger partial charge in [-0.15, -0.1) is 0 Å². The molecular formula is C15H22N4O6S2. The van der Waals surface area contributed by atoms with E-state index in [1.165, 1.54) is 19.2 Å². The fourth-order valence-electron chi connectivity index (χ4n) is 3.59. The molecule has 2 fully saturated rings. The zero-order valence-corrected chi connectivity index (χ0v) is 16.5. The Hall–Kier alpha value is -1.76. The number of rotatable bonds is 5. The largest absolute Gasteiger partial charge is 0.363 e. The van der Waals surface area contributed by atoms with Crippen molar-refractivity contribution in [3.05, 3.63) is 28.3 Å². The Kier molecular flexibility index (Phi) is 5.43.